The molecule has 4 N–H and O–H groups in total. The Hall–Kier alpha value is -2.34. The quantitative estimate of drug-likeness (QED) is 0.509. The predicted molar refractivity (Wildman–Crippen MR) is 80.2 cm³/mol. The lowest BCUT2D eigenvalue weighted by Crippen LogP contribution is -2.11. The van der Waals surface area contributed by atoms with E-state index in [2.05, 4.69) is 15.0 Å². The first-order valence-corrected chi connectivity index (χ1v) is 6.89. The minimum absolute atomic E-state index is 0.0435. The maximum Gasteiger partial charge on any atom is 0.172 e. The summed E-state index contributed by atoms with van der Waals surface area (Å²) in [6.45, 7) is 1.88. The summed E-state index contributed by atoms with van der Waals surface area (Å²) in [5.41, 5.74) is 8.96. The highest BCUT2D eigenvalue weighted by Gasteiger charge is 2.08. The molecule has 0 aliphatic heterocycles. The molecule has 1 aromatic carbocycles. The van der Waals surface area contributed by atoms with Crippen LogP contribution in [0, 0.1) is 12.3 Å². The number of imidazole rings is 1. The molecule has 0 fully saturated rings. The molecule has 0 spiro atoms. The zero-order valence-electron chi connectivity index (χ0n) is 10.8. The number of para-hydroxylation sites is 2. The molecular formula is C14H13N5S. The summed E-state index contributed by atoms with van der Waals surface area (Å²) in [6.07, 6.45) is 0. The SMILES string of the molecule is Cc1cc(C(=N)N)cc(Sc2nc3ccccc3[nH]2)n1. The van der Waals surface area contributed by atoms with Gasteiger partial charge in [-0.3, -0.25) is 5.41 Å². The molecule has 6 heteroatoms. The van der Waals surface area contributed by atoms with E-state index in [9.17, 15) is 0 Å². The zero-order chi connectivity index (χ0) is 14.1. The Morgan fingerprint density at radius 3 is 2.80 bits per heavy atom. The fourth-order valence-corrected chi connectivity index (χ4v) is 2.80. The molecule has 2 aromatic heterocycles. The summed E-state index contributed by atoms with van der Waals surface area (Å²) < 4.78 is 0. The molecule has 0 aliphatic carbocycles. The van der Waals surface area contributed by atoms with Gasteiger partial charge >= 0.3 is 0 Å². The van der Waals surface area contributed by atoms with Gasteiger partial charge in [0.05, 0.1) is 11.0 Å². The van der Waals surface area contributed by atoms with Crippen LogP contribution in [0.1, 0.15) is 11.3 Å². The number of nitrogens with one attached hydrogen (secondary N) is 2. The Bertz CT molecular complexity index is 760. The van der Waals surface area contributed by atoms with E-state index >= 15 is 0 Å². The summed E-state index contributed by atoms with van der Waals surface area (Å²) in [7, 11) is 0. The molecule has 0 bridgehead atoms. The van der Waals surface area contributed by atoms with Crippen LogP contribution in [-0.4, -0.2) is 20.8 Å². The van der Waals surface area contributed by atoms with Gasteiger partial charge in [-0.15, -0.1) is 0 Å². The normalized spacial score (nSPS) is 10.8. The van der Waals surface area contributed by atoms with Gasteiger partial charge in [0.25, 0.3) is 0 Å². The smallest absolute Gasteiger partial charge is 0.172 e. The molecular weight excluding hydrogens is 270 g/mol. The number of amidine groups is 1. The number of aromatic amines is 1. The summed E-state index contributed by atoms with van der Waals surface area (Å²) in [6, 6.07) is 11.5. The van der Waals surface area contributed by atoms with Crippen molar-refractivity contribution in [3.63, 3.8) is 0 Å². The topological polar surface area (TPSA) is 91.4 Å². The Balaban J connectivity index is 1.96. The van der Waals surface area contributed by atoms with Crippen molar-refractivity contribution in [2.45, 2.75) is 17.1 Å². The number of pyridine rings is 1. The van der Waals surface area contributed by atoms with Crippen LogP contribution in [0.15, 0.2) is 46.6 Å². The molecule has 0 unspecified atom stereocenters. The lowest BCUT2D eigenvalue weighted by atomic mass is 10.2. The fraction of sp³-hybridized carbons (Fsp3) is 0.0714. The first-order valence-electron chi connectivity index (χ1n) is 6.07. The summed E-state index contributed by atoms with van der Waals surface area (Å²) in [5, 5.41) is 9.06. The van der Waals surface area contributed by atoms with Gasteiger partial charge in [0.2, 0.25) is 0 Å². The van der Waals surface area contributed by atoms with Gasteiger partial charge in [-0.1, -0.05) is 12.1 Å². The van der Waals surface area contributed by atoms with E-state index in [0.29, 0.717) is 5.56 Å². The first-order chi connectivity index (χ1) is 9.61. The lowest BCUT2D eigenvalue weighted by molar-refractivity contribution is 1.03. The molecule has 20 heavy (non-hydrogen) atoms. The van der Waals surface area contributed by atoms with E-state index in [4.69, 9.17) is 11.1 Å². The Morgan fingerprint density at radius 1 is 1.25 bits per heavy atom. The maximum atomic E-state index is 7.51. The van der Waals surface area contributed by atoms with Gasteiger partial charge in [0, 0.05) is 11.3 Å². The van der Waals surface area contributed by atoms with Crippen molar-refractivity contribution >= 4 is 28.6 Å². The van der Waals surface area contributed by atoms with Crippen molar-refractivity contribution < 1.29 is 0 Å². The monoisotopic (exact) mass is 283 g/mol. The Morgan fingerprint density at radius 2 is 2.05 bits per heavy atom. The van der Waals surface area contributed by atoms with Crippen LogP contribution in [0.5, 0.6) is 0 Å². The Labute approximate surface area is 120 Å². The average molecular weight is 283 g/mol. The van der Waals surface area contributed by atoms with Crippen molar-refractivity contribution in [2.75, 3.05) is 0 Å². The number of aromatic nitrogens is 3. The minimum Gasteiger partial charge on any atom is -0.384 e. The molecule has 0 saturated heterocycles. The van der Waals surface area contributed by atoms with Crippen LogP contribution in [0.25, 0.3) is 11.0 Å². The maximum absolute atomic E-state index is 7.51. The molecule has 2 heterocycles. The summed E-state index contributed by atoms with van der Waals surface area (Å²) in [4.78, 5) is 12.2. The number of nitrogens with two attached hydrogens (primary N) is 1. The zero-order valence-corrected chi connectivity index (χ0v) is 11.7. The van der Waals surface area contributed by atoms with E-state index in [0.717, 1.165) is 26.9 Å². The molecule has 3 aromatic rings. The van der Waals surface area contributed by atoms with E-state index in [1.165, 1.54) is 11.8 Å². The molecule has 3 rings (SSSR count). The fourth-order valence-electron chi connectivity index (χ4n) is 1.92. The van der Waals surface area contributed by atoms with Gasteiger partial charge in [-0.25, -0.2) is 9.97 Å². The molecule has 0 amide bonds. The number of hydrogen-bond acceptors (Lipinski definition) is 4. The number of nitrogens with zero attached hydrogens (tertiary/aromatic N) is 2. The van der Waals surface area contributed by atoms with Crippen LogP contribution in [0.2, 0.25) is 0 Å². The number of aryl methyl sites for hydroxylation is 1. The van der Waals surface area contributed by atoms with Gasteiger partial charge in [0.15, 0.2) is 5.16 Å². The van der Waals surface area contributed by atoms with E-state index < -0.39 is 0 Å². The largest absolute Gasteiger partial charge is 0.384 e. The van der Waals surface area contributed by atoms with E-state index in [-0.39, 0.29) is 5.84 Å². The standard InChI is InChI=1S/C14H13N5S/c1-8-6-9(13(15)16)7-12(17-8)20-14-18-10-4-2-3-5-11(10)19-14/h2-7H,1H3,(H3,15,16)(H,18,19). The molecule has 0 radical (unpaired) electrons. The predicted octanol–water partition coefficient (Wildman–Crippen LogP) is 2.70. The van der Waals surface area contributed by atoms with Crippen LogP contribution >= 0.6 is 11.8 Å². The second-order valence-corrected chi connectivity index (χ2v) is 5.42. The van der Waals surface area contributed by atoms with Crippen LogP contribution < -0.4 is 5.73 Å². The number of nitrogen functional groups attached to an aromatic ring is 1. The van der Waals surface area contributed by atoms with Gasteiger partial charge in [0.1, 0.15) is 10.9 Å². The van der Waals surface area contributed by atoms with Crippen LogP contribution in [0.3, 0.4) is 0 Å². The lowest BCUT2D eigenvalue weighted by Gasteiger charge is -2.03. The number of H-pyrrole nitrogens is 1. The third-order valence-electron chi connectivity index (χ3n) is 2.81. The molecule has 0 saturated carbocycles. The number of hydrogen-bond donors (Lipinski definition) is 3. The molecule has 0 aliphatic rings. The summed E-state index contributed by atoms with van der Waals surface area (Å²) in [5.74, 6) is 0.0435. The van der Waals surface area contributed by atoms with E-state index in [1.807, 2.05) is 31.2 Å². The van der Waals surface area contributed by atoms with Crippen molar-refractivity contribution in [1.29, 1.82) is 5.41 Å². The highest BCUT2D eigenvalue weighted by atomic mass is 32.2. The highest BCUT2D eigenvalue weighted by Crippen LogP contribution is 2.26. The van der Waals surface area contributed by atoms with Gasteiger partial charge < -0.3 is 10.7 Å². The minimum atomic E-state index is 0.0435. The summed E-state index contributed by atoms with van der Waals surface area (Å²) >= 11 is 1.43. The molecule has 5 nitrogen and oxygen atoms in total. The van der Waals surface area contributed by atoms with Crippen molar-refractivity contribution in [2.24, 2.45) is 5.73 Å². The highest BCUT2D eigenvalue weighted by molar-refractivity contribution is 7.99. The second-order valence-electron chi connectivity index (χ2n) is 4.41. The van der Waals surface area contributed by atoms with Gasteiger partial charge in [-0.2, -0.15) is 0 Å². The van der Waals surface area contributed by atoms with Crippen molar-refractivity contribution in [3.05, 3.63) is 47.7 Å². The van der Waals surface area contributed by atoms with Gasteiger partial charge in [-0.05, 0) is 43.0 Å². The number of fused-ring (bicyclic) bond motifs is 1. The molecule has 0 atom stereocenters. The third kappa shape index (κ3) is 2.50. The van der Waals surface area contributed by atoms with Crippen molar-refractivity contribution in [1.82, 2.24) is 15.0 Å². The third-order valence-corrected chi connectivity index (χ3v) is 3.61. The van der Waals surface area contributed by atoms with Crippen LogP contribution in [0.4, 0.5) is 0 Å². The second kappa shape index (κ2) is 4.97. The molecule has 100 valence electrons. The van der Waals surface area contributed by atoms with Crippen molar-refractivity contribution in [3.8, 4) is 0 Å². The first kappa shape index (κ1) is 12.7. The van der Waals surface area contributed by atoms with Crippen LogP contribution in [-0.2, 0) is 0 Å². The Kier molecular flexibility index (Phi) is 3.15. The van der Waals surface area contributed by atoms with E-state index in [1.54, 1.807) is 12.1 Å². The average Bonchev–Trinajstić information content (AvgIpc) is 2.79. The number of benzene rings is 1. The number of rotatable bonds is 3.